The fourth-order valence-corrected chi connectivity index (χ4v) is 4.31. The van der Waals surface area contributed by atoms with Gasteiger partial charge in [-0.3, -0.25) is 13.9 Å². The second-order valence-corrected chi connectivity index (χ2v) is 8.29. The Balaban J connectivity index is 1.94. The lowest BCUT2D eigenvalue weighted by molar-refractivity contribution is 0.415. The first kappa shape index (κ1) is 20.5. The number of aryl methyl sites for hydroxylation is 1. The van der Waals surface area contributed by atoms with Crippen LogP contribution in [0.5, 0.6) is 5.75 Å². The van der Waals surface area contributed by atoms with Crippen LogP contribution in [-0.4, -0.2) is 32.3 Å². The molecule has 0 bridgehead atoms. The number of anilines is 2. The highest BCUT2D eigenvalue weighted by Gasteiger charge is 2.30. The number of hydrogen-bond acceptors (Lipinski definition) is 5. The van der Waals surface area contributed by atoms with Crippen LogP contribution < -0.4 is 20.9 Å². The molecule has 0 unspecified atom stereocenters. The van der Waals surface area contributed by atoms with Crippen LogP contribution in [0.25, 0.3) is 11.2 Å². The van der Waals surface area contributed by atoms with E-state index in [0.29, 0.717) is 41.0 Å². The van der Waals surface area contributed by atoms with Crippen LogP contribution in [-0.2, 0) is 20.1 Å². The highest BCUT2D eigenvalue weighted by molar-refractivity contribution is 6.32. The van der Waals surface area contributed by atoms with Crippen molar-refractivity contribution in [1.82, 2.24) is 18.7 Å². The molecule has 0 spiro atoms. The van der Waals surface area contributed by atoms with Crippen LogP contribution in [0.2, 0.25) is 5.02 Å². The van der Waals surface area contributed by atoms with Gasteiger partial charge < -0.3 is 14.2 Å². The monoisotopic (exact) mass is 431 g/mol. The summed E-state index contributed by atoms with van der Waals surface area (Å²) in [6.45, 7) is 5.96. The normalized spacial score (nSPS) is 16.2. The Morgan fingerprint density at radius 1 is 1.27 bits per heavy atom. The Bertz CT molecular complexity index is 1230. The van der Waals surface area contributed by atoms with Crippen molar-refractivity contribution in [2.24, 2.45) is 13.0 Å². The van der Waals surface area contributed by atoms with Gasteiger partial charge in [-0.1, -0.05) is 31.9 Å². The van der Waals surface area contributed by atoms with Gasteiger partial charge in [-0.25, -0.2) is 4.79 Å². The zero-order chi connectivity index (χ0) is 21.6. The Morgan fingerprint density at radius 3 is 2.70 bits per heavy atom. The molecule has 30 heavy (non-hydrogen) atoms. The number of rotatable bonds is 5. The molecule has 8 nitrogen and oxygen atoms in total. The number of hydrogen-bond donors (Lipinski definition) is 0. The topological polar surface area (TPSA) is 74.3 Å². The molecule has 3 heterocycles. The largest absolute Gasteiger partial charge is 0.495 e. The van der Waals surface area contributed by atoms with Gasteiger partial charge in [0, 0.05) is 32.4 Å². The maximum absolute atomic E-state index is 13.3. The van der Waals surface area contributed by atoms with E-state index in [0.717, 1.165) is 25.1 Å². The van der Waals surface area contributed by atoms with Crippen molar-refractivity contribution in [1.29, 1.82) is 0 Å². The van der Waals surface area contributed by atoms with Crippen LogP contribution in [0.1, 0.15) is 26.7 Å². The highest BCUT2D eigenvalue weighted by atomic mass is 35.5. The zero-order valence-corrected chi connectivity index (χ0v) is 18.4. The van der Waals surface area contributed by atoms with Gasteiger partial charge in [0.25, 0.3) is 5.56 Å². The van der Waals surface area contributed by atoms with E-state index in [1.807, 2.05) is 34.6 Å². The minimum absolute atomic E-state index is 0.275. The molecule has 0 amide bonds. The molecule has 9 heteroatoms. The van der Waals surface area contributed by atoms with Crippen LogP contribution >= 0.6 is 11.6 Å². The van der Waals surface area contributed by atoms with Crippen molar-refractivity contribution < 1.29 is 4.74 Å². The van der Waals surface area contributed by atoms with E-state index in [4.69, 9.17) is 21.3 Å². The van der Waals surface area contributed by atoms with Crippen molar-refractivity contribution in [2.75, 3.05) is 18.6 Å². The molecule has 1 aliphatic heterocycles. The highest BCUT2D eigenvalue weighted by Crippen LogP contribution is 2.36. The molecule has 2 aromatic heterocycles. The minimum atomic E-state index is -0.330. The average Bonchev–Trinajstić information content (AvgIpc) is 3.11. The van der Waals surface area contributed by atoms with Crippen LogP contribution in [0.4, 0.5) is 11.6 Å². The lowest BCUT2D eigenvalue weighted by atomic mass is 10.1. The SMILES string of the molecule is CCCCn1c(=O)c2c(nc3n2C[C@@H](C)CN3c2ccc(OC)c(Cl)c2)n(C)c1=O. The quantitative estimate of drug-likeness (QED) is 0.620. The first-order valence-electron chi connectivity index (χ1n) is 10.2. The first-order valence-corrected chi connectivity index (χ1v) is 10.6. The molecule has 0 saturated heterocycles. The first-order chi connectivity index (χ1) is 14.4. The number of benzene rings is 1. The third kappa shape index (κ3) is 3.19. The van der Waals surface area contributed by atoms with E-state index in [-0.39, 0.29) is 17.2 Å². The number of methoxy groups -OCH3 is 1. The van der Waals surface area contributed by atoms with Crippen molar-refractivity contribution in [3.8, 4) is 5.75 Å². The number of nitrogens with zero attached hydrogens (tertiary/aromatic N) is 5. The van der Waals surface area contributed by atoms with Gasteiger partial charge in [0.05, 0.1) is 12.1 Å². The Kier molecular flexibility index (Phi) is 5.36. The maximum atomic E-state index is 13.3. The Labute approximate surface area is 179 Å². The van der Waals surface area contributed by atoms with E-state index in [9.17, 15) is 9.59 Å². The van der Waals surface area contributed by atoms with Gasteiger partial charge in [0.15, 0.2) is 11.2 Å². The lowest BCUT2D eigenvalue weighted by Crippen LogP contribution is -2.40. The summed E-state index contributed by atoms with van der Waals surface area (Å²) >= 11 is 6.35. The predicted octanol–water partition coefficient (Wildman–Crippen LogP) is 3.15. The third-order valence-corrected chi connectivity index (χ3v) is 5.92. The summed E-state index contributed by atoms with van der Waals surface area (Å²) in [5.74, 6) is 1.52. The fourth-order valence-electron chi connectivity index (χ4n) is 4.06. The number of halogens is 1. The summed E-state index contributed by atoms with van der Waals surface area (Å²) < 4.78 is 10.0. The molecule has 0 saturated carbocycles. The van der Waals surface area contributed by atoms with Gasteiger partial charge >= 0.3 is 5.69 Å². The summed E-state index contributed by atoms with van der Waals surface area (Å²) in [6.07, 6.45) is 1.68. The van der Waals surface area contributed by atoms with Gasteiger partial charge in [-0.05, 0) is 30.5 Å². The summed E-state index contributed by atoms with van der Waals surface area (Å²) in [7, 11) is 3.25. The molecule has 1 atom stereocenters. The summed E-state index contributed by atoms with van der Waals surface area (Å²) in [6, 6.07) is 5.57. The van der Waals surface area contributed by atoms with Crippen molar-refractivity contribution in [2.45, 2.75) is 39.8 Å². The van der Waals surface area contributed by atoms with Crippen LogP contribution in [0, 0.1) is 5.92 Å². The third-order valence-electron chi connectivity index (χ3n) is 5.62. The number of imidazole rings is 1. The molecule has 3 aromatic rings. The summed E-state index contributed by atoms with van der Waals surface area (Å²) in [5.41, 5.74) is 1.14. The standard InChI is InChI=1S/C21H26ClN5O3/c1-5-6-9-25-19(28)17-18(24(3)21(25)29)23-20-26(11-13(2)12-27(17)20)14-7-8-16(30-4)15(22)10-14/h7-8,10,13H,5-6,9,11-12H2,1-4H3/t13-/m0/s1. The van der Waals surface area contributed by atoms with Crippen molar-refractivity contribution >= 4 is 34.4 Å². The van der Waals surface area contributed by atoms with E-state index in [1.165, 1.54) is 9.13 Å². The van der Waals surface area contributed by atoms with E-state index in [2.05, 4.69) is 6.92 Å². The lowest BCUT2D eigenvalue weighted by Gasteiger charge is -2.33. The second-order valence-electron chi connectivity index (χ2n) is 7.88. The zero-order valence-electron chi connectivity index (χ0n) is 17.7. The van der Waals surface area contributed by atoms with Gasteiger partial charge in [-0.15, -0.1) is 0 Å². The molecule has 1 aliphatic rings. The number of ether oxygens (including phenoxy) is 1. The van der Waals surface area contributed by atoms with E-state index >= 15 is 0 Å². The predicted molar refractivity (Wildman–Crippen MR) is 118 cm³/mol. The number of unbranched alkanes of at least 4 members (excludes halogenated alkanes) is 1. The fraction of sp³-hybridized carbons (Fsp3) is 0.476. The molecule has 1 aromatic carbocycles. The van der Waals surface area contributed by atoms with Crippen molar-refractivity contribution in [3.05, 3.63) is 44.1 Å². The van der Waals surface area contributed by atoms with Gasteiger partial charge in [-0.2, -0.15) is 4.98 Å². The molecular formula is C21H26ClN5O3. The van der Waals surface area contributed by atoms with Crippen LogP contribution in [0.3, 0.4) is 0 Å². The van der Waals surface area contributed by atoms with E-state index < -0.39 is 0 Å². The van der Waals surface area contributed by atoms with Crippen LogP contribution in [0.15, 0.2) is 27.8 Å². The molecule has 0 fully saturated rings. The Hall–Kier alpha value is -2.74. The molecule has 0 N–H and O–H groups in total. The molecule has 0 radical (unpaired) electrons. The molecule has 4 rings (SSSR count). The summed E-state index contributed by atoms with van der Waals surface area (Å²) in [5, 5.41) is 0.505. The maximum Gasteiger partial charge on any atom is 0.332 e. The number of fused-ring (bicyclic) bond motifs is 3. The Morgan fingerprint density at radius 2 is 2.03 bits per heavy atom. The van der Waals surface area contributed by atoms with E-state index in [1.54, 1.807) is 14.2 Å². The molecule has 160 valence electrons. The van der Waals surface area contributed by atoms with Crippen molar-refractivity contribution in [3.63, 3.8) is 0 Å². The average molecular weight is 432 g/mol. The summed E-state index contributed by atoms with van der Waals surface area (Å²) in [4.78, 5) is 32.8. The van der Waals surface area contributed by atoms with Gasteiger partial charge in [0.1, 0.15) is 5.75 Å². The van der Waals surface area contributed by atoms with Gasteiger partial charge in [0.2, 0.25) is 5.95 Å². The smallest absolute Gasteiger partial charge is 0.332 e. The molecule has 0 aliphatic carbocycles. The number of aromatic nitrogens is 4. The minimum Gasteiger partial charge on any atom is -0.495 e. The molecular weight excluding hydrogens is 406 g/mol. The second kappa shape index (κ2) is 7.83.